The van der Waals surface area contributed by atoms with Gasteiger partial charge in [-0.1, -0.05) is 11.6 Å². The summed E-state index contributed by atoms with van der Waals surface area (Å²) < 4.78 is 5.01. The Bertz CT molecular complexity index is 366. The van der Waals surface area contributed by atoms with Crippen molar-refractivity contribution in [2.24, 2.45) is 5.73 Å². The van der Waals surface area contributed by atoms with Gasteiger partial charge in [-0.25, -0.2) is 0 Å². The summed E-state index contributed by atoms with van der Waals surface area (Å²) in [6.07, 6.45) is 0.121. The summed E-state index contributed by atoms with van der Waals surface area (Å²) in [7, 11) is 1.45. The molecule has 0 aromatic heterocycles. The molecule has 0 unspecified atom stereocenters. The van der Waals surface area contributed by atoms with Crippen LogP contribution in [0.3, 0.4) is 0 Å². The monoisotopic (exact) mass is 214 g/mol. The van der Waals surface area contributed by atoms with E-state index in [1.165, 1.54) is 19.2 Å². The summed E-state index contributed by atoms with van der Waals surface area (Å²) in [4.78, 5) is 0. The van der Waals surface area contributed by atoms with E-state index in [1.54, 1.807) is 0 Å². The van der Waals surface area contributed by atoms with E-state index in [4.69, 9.17) is 27.5 Å². The van der Waals surface area contributed by atoms with Crippen LogP contribution >= 0.6 is 11.6 Å². The molecule has 0 saturated carbocycles. The first-order valence-corrected chi connectivity index (χ1v) is 4.31. The van der Waals surface area contributed by atoms with Crippen molar-refractivity contribution in [3.63, 3.8) is 0 Å². The Labute approximate surface area is 86.8 Å². The van der Waals surface area contributed by atoms with Crippen LogP contribution in [0.1, 0.15) is 5.56 Å². The topological polar surface area (TPSA) is 79.3 Å². The molecule has 0 radical (unpaired) electrons. The highest BCUT2D eigenvalue weighted by Crippen LogP contribution is 2.34. The number of hydrogen-bond acceptors (Lipinski definition) is 3. The minimum atomic E-state index is -0.0548. The molecule has 0 saturated heterocycles. The smallest absolute Gasteiger partial charge is 0.144 e. The third-order valence-corrected chi connectivity index (χ3v) is 2.06. The zero-order chi connectivity index (χ0) is 10.7. The lowest BCUT2D eigenvalue weighted by Gasteiger charge is -2.11. The Balaban J connectivity index is 3.22. The molecule has 0 spiro atoms. The number of phenols is 1. The normalized spacial score (nSPS) is 9.86. The van der Waals surface area contributed by atoms with Crippen LogP contribution in [-0.4, -0.2) is 18.1 Å². The summed E-state index contributed by atoms with van der Waals surface area (Å²) in [6.45, 7) is 0. The lowest BCUT2D eigenvalue weighted by atomic mass is 10.1. The van der Waals surface area contributed by atoms with Crippen molar-refractivity contribution in [3.8, 4) is 11.5 Å². The predicted molar refractivity (Wildman–Crippen MR) is 55.3 cm³/mol. The number of benzene rings is 1. The Morgan fingerprint density at radius 3 is 2.79 bits per heavy atom. The van der Waals surface area contributed by atoms with Crippen molar-refractivity contribution in [2.45, 2.75) is 6.42 Å². The maximum Gasteiger partial charge on any atom is 0.144 e. The van der Waals surface area contributed by atoms with Crippen LogP contribution < -0.4 is 10.5 Å². The molecule has 0 bridgehead atoms. The Morgan fingerprint density at radius 2 is 2.29 bits per heavy atom. The number of phenolic OH excluding ortho intramolecular Hbond substituents is 1. The third kappa shape index (κ3) is 2.09. The molecule has 0 aliphatic rings. The molecule has 0 heterocycles. The van der Waals surface area contributed by atoms with E-state index >= 15 is 0 Å². The van der Waals surface area contributed by atoms with Crippen molar-refractivity contribution in [1.82, 2.24) is 0 Å². The predicted octanol–water partition coefficient (Wildman–Crippen LogP) is 1.53. The van der Waals surface area contributed by atoms with E-state index in [2.05, 4.69) is 0 Å². The number of methoxy groups -OCH3 is 1. The summed E-state index contributed by atoms with van der Waals surface area (Å²) in [5.74, 6) is 0.337. The molecule has 5 heteroatoms. The van der Waals surface area contributed by atoms with E-state index in [9.17, 15) is 5.11 Å². The zero-order valence-corrected chi connectivity index (χ0v) is 8.43. The van der Waals surface area contributed by atoms with Crippen LogP contribution in [0.2, 0.25) is 5.02 Å². The number of ether oxygens (including phenoxy) is 1. The number of rotatable bonds is 3. The molecule has 0 fully saturated rings. The van der Waals surface area contributed by atoms with Gasteiger partial charge in [-0.05, 0) is 12.1 Å². The van der Waals surface area contributed by atoms with Crippen LogP contribution in [-0.2, 0) is 6.42 Å². The number of aromatic hydroxyl groups is 1. The highest BCUT2D eigenvalue weighted by Gasteiger charge is 2.13. The average molecular weight is 215 g/mol. The van der Waals surface area contributed by atoms with Crippen molar-refractivity contribution in [2.75, 3.05) is 7.11 Å². The minimum absolute atomic E-state index is 0.0291. The second-order valence-corrected chi connectivity index (χ2v) is 3.19. The van der Waals surface area contributed by atoms with E-state index in [-0.39, 0.29) is 18.0 Å². The van der Waals surface area contributed by atoms with E-state index in [0.717, 1.165) is 0 Å². The standard InChI is InChI=1S/C9H11ClN2O2/c1-14-9-5(4-8(11)12)7(13)3-2-6(9)10/h2-3,13H,4H2,1H3,(H3,11,12). The third-order valence-electron chi connectivity index (χ3n) is 1.76. The molecule has 4 N–H and O–H groups in total. The fourth-order valence-corrected chi connectivity index (χ4v) is 1.43. The largest absolute Gasteiger partial charge is 0.508 e. The molecule has 0 aliphatic heterocycles. The molecule has 1 aromatic rings. The van der Waals surface area contributed by atoms with Gasteiger partial charge in [0.15, 0.2) is 0 Å². The molecule has 76 valence electrons. The summed E-state index contributed by atoms with van der Waals surface area (Å²) in [5, 5.41) is 17.0. The molecule has 1 rings (SSSR count). The second-order valence-electron chi connectivity index (χ2n) is 2.78. The van der Waals surface area contributed by atoms with E-state index in [0.29, 0.717) is 16.3 Å². The van der Waals surface area contributed by atoms with Gasteiger partial charge in [-0.3, -0.25) is 5.41 Å². The highest BCUT2D eigenvalue weighted by molar-refractivity contribution is 6.32. The minimum Gasteiger partial charge on any atom is -0.508 e. The highest BCUT2D eigenvalue weighted by atomic mass is 35.5. The Hall–Kier alpha value is -1.42. The van der Waals surface area contributed by atoms with Crippen LogP contribution in [0.5, 0.6) is 11.5 Å². The zero-order valence-electron chi connectivity index (χ0n) is 7.67. The van der Waals surface area contributed by atoms with Crippen LogP contribution in [0.25, 0.3) is 0 Å². The number of nitrogens with one attached hydrogen (secondary N) is 1. The lowest BCUT2D eigenvalue weighted by Crippen LogP contribution is -2.13. The number of amidine groups is 1. The van der Waals surface area contributed by atoms with Gasteiger partial charge in [-0.2, -0.15) is 0 Å². The van der Waals surface area contributed by atoms with Gasteiger partial charge < -0.3 is 15.6 Å². The molecular weight excluding hydrogens is 204 g/mol. The first kappa shape index (κ1) is 10.7. The maximum absolute atomic E-state index is 9.50. The molecule has 4 nitrogen and oxygen atoms in total. The van der Waals surface area contributed by atoms with Crippen molar-refractivity contribution in [1.29, 1.82) is 5.41 Å². The van der Waals surface area contributed by atoms with Crippen molar-refractivity contribution >= 4 is 17.4 Å². The van der Waals surface area contributed by atoms with Crippen molar-refractivity contribution in [3.05, 3.63) is 22.7 Å². The average Bonchev–Trinajstić information content (AvgIpc) is 2.11. The van der Waals surface area contributed by atoms with Crippen LogP contribution in [0.4, 0.5) is 0 Å². The van der Waals surface area contributed by atoms with Gasteiger partial charge in [0, 0.05) is 12.0 Å². The van der Waals surface area contributed by atoms with Gasteiger partial charge in [0.25, 0.3) is 0 Å². The fourth-order valence-electron chi connectivity index (χ4n) is 1.17. The Morgan fingerprint density at radius 1 is 1.64 bits per heavy atom. The number of halogens is 1. The Kier molecular flexibility index (Phi) is 3.19. The first-order chi connectivity index (χ1) is 6.56. The van der Waals surface area contributed by atoms with Crippen molar-refractivity contribution < 1.29 is 9.84 Å². The molecule has 0 amide bonds. The molecule has 0 aliphatic carbocycles. The second kappa shape index (κ2) is 4.19. The molecule has 0 atom stereocenters. The van der Waals surface area contributed by atoms with E-state index < -0.39 is 0 Å². The summed E-state index contributed by atoms with van der Waals surface area (Å²) >= 11 is 5.84. The lowest BCUT2D eigenvalue weighted by molar-refractivity contribution is 0.402. The quantitative estimate of drug-likeness (QED) is 0.527. The van der Waals surface area contributed by atoms with Gasteiger partial charge in [0.2, 0.25) is 0 Å². The summed E-state index contributed by atoms with van der Waals surface area (Å²) in [6, 6.07) is 2.97. The number of hydrogen-bond donors (Lipinski definition) is 3. The first-order valence-electron chi connectivity index (χ1n) is 3.93. The number of nitrogens with two attached hydrogens (primary N) is 1. The molecule has 1 aromatic carbocycles. The maximum atomic E-state index is 9.50. The SMILES string of the molecule is COc1c(Cl)ccc(O)c1CC(=N)N. The molecule has 14 heavy (non-hydrogen) atoms. The van der Waals surface area contributed by atoms with E-state index in [1.807, 2.05) is 0 Å². The summed E-state index contributed by atoms with van der Waals surface area (Å²) in [5.41, 5.74) is 5.68. The van der Waals surface area contributed by atoms with Gasteiger partial charge in [0.1, 0.15) is 11.5 Å². The van der Waals surface area contributed by atoms with Crippen LogP contribution in [0, 0.1) is 5.41 Å². The van der Waals surface area contributed by atoms with Crippen LogP contribution in [0.15, 0.2) is 12.1 Å². The van der Waals surface area contributed by atoms with Gasteiger partial charge in [-0.15, -0.1) is 0 Å². The van der Waals surface area contributed by atoms with Gasteiger partial charge in [0.05, 0.1) is 18.0 Å². The fraction of sp³-hybridized carbons (Fsp3) is 0.222. The van der Waals surface area contributed by atoms with Gasteiger partial charge >= 0.3 is 0 Å². The molecular formula is C9H11ClN2O2.